The zero-order valence-electron chi connectivity index (χ0n) is 16.6. The zero-order chi connectivity index (χ0) is 20.9. The standard InChI is InChI=1S/C22H24ClN5O2/c23-17-9-7-16(8-10-17)21(29)27-12-14-28(15-13-27)22(30)24-11-3-6-20-25-18-4-1-2-5-19(18)26-20/h1-2,4-5,7-10H,3,6,11-15H2,(H,24,30)(H,25,26). The number of hydrogen-bond acceptors (Lipinski definition) is 3. The Kier molecular flexibility index (Phi) is 6.18. The summed E-state index contributed by atoms with van der Waals surface area (Å²) in [6.07, 6.45) is 1.58. The molecule has 2 N–H and O–H groups in total. The first kappa shape index (κ1) is 20.2. The Morgan fingerprint density at radius 3 is 2.43 bits per heavy atom. The number of aryl methyl sites for hydroxylation is 1. The molecule has 2 heterocycles. The maximum atomic E-state index is 12.6. The molecule has 8 heteroatoms. The summed E-state index contributed by atoms with van der Waals surface area (Å²) in [5.74, 6) is 0.900. The van der Waals surface area contributed by atoms with Crippen LogP contribution < -0.4 is 5.32 Å². The molecule has 1 fully saturated rings. The summed E-state index contributed by atoms with van der Waals surface area (Å²) in [6, 6.07) is 14.7. The minimum Gasteiger partial charge on any atom is -0.342 e. The Hall–Kier alpha value is -3.06. The van der Waals surface area contributed by atoms with Crippen molar-refractivity contribution in [2.24, 2.45) is 0 Å². The summed E-state index contributed by atoms with van der Waals surface area (Å²) in [4.78, 5) is 36.3. The number of piperazine rings is 1. The number of benzene rings is 2. The molecule has 1 saturated heterocycles. The Balaban J connectivity index is 1.19. The van der Waals surface area contributed by atoms with Gasteiger partial charge < -0.3 is 20.1 Å². The van der Waals surface area contributed by atoms with Gasteiger partial charge in [0.15, 0.2) is 0 Å². The van der Waals surface area contributed by atoms with Crippen molar-refractivity contribution in [3.8, 4) is 0 Å². The number of hydrogen-bond donors (Lipinski definition) is 2. The molecule has 1 aliphatic heterocycles. The van der Waals surface area contributed by atoms with Crippen LogP contribution in [0.5, 0.6) is 0 Å². The van der Waals surface area contributed by atoms with E-state index in [1.165, 1.54) is 0 Å². The second kappa shape index (κ2) is 9.17. The van der Waals surface area contributed by atoms with E-state index in [1.807, 2.05) is 24.3 Å². The van der Waals surface area contributed by atoms with E-state index in [4.69, 9.17) is 11.6 Å². The van der Waals surface area contributed by atoms with Crippen LogP contribution in [0.15, 0.2) is 48.5 Å². The number of imidazole rings is 1. The number of halogens is 1. The predicted molar refractivity (Wildman–Crippen MR) is 117 cm³/mol. The minimum absolute atomic E-state index is 0.0300. The molecule has 0 spiro atoms. The number of fused-ring (bicyclic) bond motifs is 1. The predicted octanol–water partition coefficient (Wildman–Crippen LogP) is 3.32. The lowest BCUT2D eigenvalue weighted by atomic mass is 10.2. The Bertz CT molecular complexity index is 992. The van der Waals surface area contributed by atoms with Crippen LogP contribution in [0, 0.1) is 0 Å². The van der Waals surface area contributed by atoms with Crippen LogP contribution >= 0.6 is 11.6 Å². The third kappa shape index (κ3) is 4.74. The highest BCUT2D eigenvalue weighted by Crippen LogP contribution is 2.14. The minimum atomic E-state index is -0.0850. The van der Waals surface area contributed by atoms with Gasteiger partial charge in [0.05, 0.1) is 11.0 Å². The van der Waals surface area contributed by atoms with Gasteiger partial charge in [0.25, 0.3) is 5.91 Å². The first-order chi connectivity index (χ1) is 14.6. The molecular weight excluding hydrogens is 402 g/mol. The molecule has 0 bridgehead atoms. The number of aromatic amines is 1. The second-order valence-corrected chi connectivity index (χ2v) is 7.76. The Morgan fingerprint density at radius 2 is 1.70 bits per heavy atom. The molecule has 30 heavy (non-hydrogen) atoms. The number of carbonyl (C=O) groups excluding carboxylic acids is 2. The van der Waals surface area contributed by atoms with E-state index < -0.39 is 0 Å². The number of para-hydroxylation sites is 2. The van der Waals surface area contributed by atoms with Gasteiger partial charge in [0, 0.05) is 49.7 Å². The highest BCUT2D eigenvalue weighted by Gasteiger charge is 2.24. The Labute approximate surface area is 180 Å². The van der Waals surface area contributed by atoms with Crippen LogP contribution in [0.1, 0.15) is 22.6 Å². The van der Waals surface area contributed by atoms with Crippen LogP contribution in [0.2, 0.25) is 5.02 Å². The molecule has 0 atom stereocenters. The van der Waals surface area contributed by atoms with Crippen LogP contribution in [-0.2, 0) is 6.42 Å². The maximum absolute atomic E-state index is 12.6. The number of amides is 3. The summed E-state index contributed by atoms with van der Waals surface area (Å²) in [5, 5.41) is 3.57. The zero-order valence-corrected chi connectivity index (χ0v) is 17.4. The van der Waals surface area contributed by atoms with E-state index in [0.29, 0.717) is 43.3 Å². The average molecular weight is 426 g/mol. The van der Waals surface area contributed by atoms with Crippen molar-refractivity contribution in [2.45, 2.75) is 12.8 Å². The molecule has 4 rings (SSSR count). The normalized spacial score (nSPS) is 14.2. The molecule has 3 aromatic rings. The number of H-pyrrole nitrogens is 1. The van der Waals surface area contributed by atoms with Crippen LogP contribution in [0.3, 0.4) is 0 Å². The molecular formula is C22H24ClN5O2. The highest BCUT2D eigenvalue weighted by molar-refractivity contribution is 6.30. The highest BCUT2D eigenvalue weighted by atomic mass is 35.5. The number of urea groups is 1. The van der Waals surface area contributed by atoms with E-state index in [2.05, 4.69) is 15.3 Å². The molecule has 2 aromatic carbocycles. The average Bonchev–Trinajstić information content (AvgIpc) is 3.19. The molecule has 7 nitrogen and oxygen atoms in total. The van der Waals surface area contributed by atoms with Gasteiger partial charge in [0.1, 0.15) is 5.82 Å². The molecule has 156 valence electrons. The molecule has 1 aromatic heterocycles. The van der Waals surface area contributed by atoms with Gasteiger partial charge in [-0.1, -0.05) is 23.7 Å². The maximum Gasteiger partial charge on any atom is 0.317 e. The third-order valence-electron chi connectivity index (χ3n) is 5.25. The molecule has 0 saturated carbocycles. The van der Waals surface area contributed by atoms with Crippen LogP contribution in [0.4, 0.5) is 4.79 Å². The lowest BCUT2D eigenvalue weighted by molar-refractivity contribution is 0.0665. The van der Waals surface area contributed by atoms with Crippen molar-refractivity contribution in [2.75, 3.05) is 32.7 Å². The van der Waals surface area contributed by atoms with Crippen molar-refractivity contribution in [1.82, 2.24) is 25.1 Å². The molecule has 0 radical (unpaired) electrons. The van der Waals surface area contributed by atoms with Gasteiger partial charge in [-0.25, -0.2) is 9.78 Å². The summed E-state index contributed by atoms with van der Waals surface area (Å²) in [6.45, 7) is 2.67. The van der Waals surface area contributed by atoms with Crippen molar-refractivity contribution < 1.29 is 9.59 Å². The van der Waals surface area contributed by atoms with Gasteiger partial charge in [-0.2, -0.15) is 0 Å². The van der Waals surface area contributed by atoms with Crippen molar-refractivity contribution >= 4 is 34.6 Å². The topological polar surface area (TPSA) is 81.3 Å². The van der Waals surface area contributed by atoms with E-state index >= 15 is 0 Å². The summed E-state index contributed by atoms with van der Waals surface area (Å²) >= 11 is 5.88. The fourth-order valence-electron chi connectivity index (χ4n) is 3.57. The summed E-state index contributed by atoms with van der Waals surface area (Å²) < 4.78 is 0. The van der Waals surface area contributed by atoms with Crippen molar-refractivity contribution in [3.05, 3.63) is 64.9 Å². The third-order valence-corrected chi connectivity index (χ3v) is 5.50. The van der Waals surface area contributed by atoms with E-state index in [9.17, 15) is 9.59 Å². The number of carbonyl (C=O) groups is 2. The van der Waals surface area contributed by atoms with Gasteiger partial charge in [0.2, 0.25) is 0 Å². The fourth-order valence-corrected chi connectivity index (χ4v) is 3.70. The van der Waals surface area contributed by atoms with E-state index in [-0.39, 0.29) is 11.9 Å². The SMILES string of the molecule is O=C(NCCCc1nc2ccccc2[nH]1)N1CCN(C(=O)c2ccc(Cl)cc2)CC1. The number of aromatic nitrogens is 2. The summed E-state index contributed by atoms with van der Waals surface area (Å²) in [5.41, 5.74) is 2.60. The van der Waals surface area contributed by atoms with Gasteiger partial charge >= 0.3 is 6.03 Å². The monoisotopic (exact) mass is 425 g/mol. The molecule has 0 aliphatic carbocycles. The fraction of sp³-hybridized carbons (Fsp3) is 0.318. The lowest BCUT2D eigenvalue weighted by Gasteiger charge is -2.34. The summed E-state index contributed by atoms with van der Waals surface area (Å²) in [7, 11) is 0. The second-order valence-electron chi connectivity index (χ2n) is 7.32. The van der Waals surface area contributed by atoms with Gasteiger partial charge in [-0.15, -0.1) is 0 Å². The Morgan fingerprint density at radius 1 is 1.00 bits per heavy atom. The molecule has 3 amide bonds. The van der Waals surface area contributed by atoms with E-state index in [1.54, 1.807) is 34.1 Å². The smallest absolute Gasteiger partial charge is 0.317 e. The molecule has 1 aliphatic rings. The van der Waals surface area contributed by atoms with Crippen LogP contribution in [0.25, 0.3) is 11.0 Å². The molecule has 0 unspecified atom stereocenters. The quantitative estimate of drug-likeness (QED) is 0.615. The largest absolute Gasteiger partial charge is 0.342 e. The van der Waals surface area contributed by atoms with Crippen molar-refractivity contribution in [1.29, 1.82) is 0 Å². The van der Waals surface area contributed by atoms with Gasteiger partial charge in [-0.05, 0) is 42.8 Å². The van der Waals surface area contributed by atoms with Gasteiger partial charge in [-0.3, -0.25) is 4.79 Å². The number of rotatable bonds is 5. The number of nitrogens with one attached hydrogen (secondary N) is 2. The lowest BCUT2D eigenvalue weighted by Crippen LogP contribution is -2.53. The van der Waals surface area contributed by atoms with Crippen LogP contribution in [-0.4, -0.2) is 64.4 Å². The van der Waals surface area contributed by atoms with E-state index in [0.717, 1.165) is 29.7 Å². The number of nitrogens with zero attached hydrogens (tertiary/aromatic N) is 3. The first-order valence-corrected chi connectivity index (χ1v) is 10.5. The first-order valence-electron chi connectivity index (χ1n) is 10.1. The van der Waals surface area contributed by atoms with Crippen molar-refractivity contribution in [3.63, 3.8) is 0 Å².